The number of benzene rings is 1. The van der Waals surface area contributed by atoms with E-state index in [9.17, 15) is 23.1 Å². The van der Waals surface area contributed by atoms with Crippen LogP contribution < -0.4 is 0 Å². The zero-order chi connectivity index (χ0) is 16.2. The number of rotatable bonds is 4. The fourth-order valence-electron chi connectivity index (χ4n) is 2.66. The molecule has 122 valence electrons. The van der Waals surface area contributed by atoms with Crippen molar-refractivity contribution in [2.24, 2.45) is 0 Å². The van der Waals surface area contributed by atoms with Gasteiger partial charge in [0, 0.05) is 32.4 Å². The average Bonchev–Trinajstić information content (AvgIpc) is 2.48. The molecule has 1 saturated heterocycles. The molecule has 0 bridgehead atoms. The Balaban J connectivity index is 1.76. The molecule has 1 aromatic carbocycles. The molecule has 2 rings (SSSR count). The Bertz CT molecular complexity index is 494. The molecule has 1 aliphatic heterocycles. The Labute approximate surface area is 127 Å². The number of likely N-dealkylation sites (tertiary alicyclic amines) is 1. The fraction of sp³-hybridized carbons (Fsp3) is 0.562. The minimum Gasteiger partial charge on any atom is -0.380 e. The maximum atomic E-state index is 12.7. The van der Waals surface area contributed by atoms with E-state index in [4.69, 9.17) is 0 Å². The van der Waals surface area contributed by atoms with E-state index in [0.717, 1.165) is 12.0 Å². The van der Waals surface area contributed by atoms with E-state index in [1.807, 2.05) is 30.3 Å². The number of carbonyl (C=O) groups excluding carboxylic acids is 1. The molecule has 0 aromatic heterocycles. The first-order valence-electron chi connectivity index (χ1n) is 7.43. The SMILES string of the molecule is O=C(CCCc1ccccc1)N1CCC(O)(C(F)(F)F)CC1. The monoisotopic (exact) mass is 315 g/mol. The van der Waals surface area contributed by atoms with Crippen LogP contribution in [0.15, 0.2) is 30.3 Å². The van der Waals surface area contributed by atoms with Gasteiger partial charge in [0.05, 0.1) is 0 Å². The average molecular weight is 315 g/mol. The number of hydrogen-bond acceptors (Lipinski definition) is 2. The quantitative estimate of drug-likeness (QED) is 0.928. The van der Waals surface area contributed by atoms with Crippen molar-refractivity contribution in [3.05, 3.63) is 35.9 Å². The third kappa shape index (κ3) is 4.00. The molecule has 0 aliphatic carbocycles. The molecule has 0 radical (unpaired) electrons. The molecule has 0 unspecified atom stereocenters. The maximum absolute atomic E-state index is 12.7. The summed E-state index contributed by atoms with van der Waals surface area (Å²) < 4.78 is 38.1. The number of amides is 1. The normalized spacial score (nSPS) is 18.3. The highest BCUT2D eigenvalue weighted by Gasteiger charge is 2.54. The van der Waals surface area contributed by atoms with Crippen LogP contribution in [-0.2, 0) is 11.2 Å². The lowest BCUT2D eigenvalue weighted by molar-refractivity contribution is -0.272. The van der Waals surface area contributed by atoms with E-state index >= 15 is 0 Å². The summed E-state index contributed by atoms with van der Waals surface area (Å²) in [6.07, 6.45) is -3.76. The van der Waals surface area contributed by atoms with Crippen LogP contribution >= 0.6 is 0 Å². The van der Waals surface area contributed by atoms with E-state index < -0.39 is 24.6 Å². The van der Waals surface area contributed by atoms with Crippen molar-refractivity contribution in [3.63, 3.8) is 0 Å². The van der Waals surface area contributed by atoms with E-state index in [-0.39, 0.29) is 19.0 Å². The maximum Gasteiger partial charge on any atom is 0.417 e. The van der Waals surface area contributed by atoms with Gasteiger partial charge >= 0.3 is 6.18 Å². The predicted octanol–water partition coefficient (Wildman–Crippen LogP) is 2.93. The number of aryl methyl sites for hydroxylation is 1. The highest BCUT2D eigenvalue weighted by Crippen LogP contribution is 2.38. The summed E-state index contributed by atoms with van der Waals surface area (Å²) in [5.74, 6) is -0.139. The summed E-state index contributed by atoms with van der Waals surface area (Å²) in [4.78, 5) is 13.4. The summed E-state index contributed by atoms with van der Waals surface area (Å²) in [6.45, 7) is -0.0830. The second-order valence-electron chi connectivity index (χ2n) is 5.75. The van der Waals surface area contributed by atoms with Crippen LogP contribution in [0.3, 0.4) is 0 Å². The van der Waals surface area contributed by atoms with E-state index in [0.29, 0.717) is 12.8 Å². The summed E-state index contributed by atoms with van der Waals surface area (Å²) in [6, 6.07) is 9.74. The first-order valence-corrected chi connectivity index (χ1v) is 7.43. The molecule has 6 heteroatoms. The van der Waals surface area contributed by atoms with Gasteiger partial charge < -0.3 is 10.0 Å². The summed E-state index contributed by atoms with van der Waals surface area (Å²) in [5.41, 5.74) is -1.51. The van der Waals surface area contributed by atoms with Gasteiger partial charge in [0.15, 0.2) is 5.60 Å². The van der Waals surface area contributed by atoms with Crippen LogP contribution in [0.2, 0.25) is 0 Å². The van der Waals surface area contributed by atoms with Gasteiger partial charge in [-0.2, -0.15) is 13.2 Å². The van der Waals surface area contributed by atoms with Gasteiger partial charge in [-0.1, -0.05) is 30.3 Å². The van der Waals surface area contributed by atoms with Crippen LogP contribution in [-0.4, -0.2) is 40.8 Å². The summed E-state index contributed by atoms with van der Waals surface area (Å²) >= 11 is 0. The van der Waals surface area contributed by atoms with Crippen molar-refractivity contribution >= 4 is 5.91 Å². The highest BCUT2D eigenvalue weighted by molar-refractivity contribution is 5.76. The number of nitrogens with zero attached hydrogens (tertiary/aromatic N) is 1. The second kappa shape index (κ2) is 6.69. The molecular weight excluding hydrogens is 295 g/mol. The Kier molecular flexibility index (Phi) is 5.11. The molecule has 0 atom stereocenters. The molecule has 0 saturated carbocycles. The molecule has 1 N–H and O–H groups in total. The van der Waals surface area contributed by atoms with Gasteiger partial charge in [-0.05, 0) is 18.4 Å². The lowest BCUT2D eigenvalue weighted by Gasteiger charge is -2.39. The van der Waals surface area contributed by atoms with Crippen LogP contribution in [0.1, 0.15) is 31.2 Å². The molecule has 0 spiro atoms. The molecule has 22 heavy (non-hydrogen) atoms. The molecule has 1 fully saturated rings. The lowest BCUT2D eigenvalue weighted by atomic mass is 9.90. The molecule has 1 amide bonds. The van der Waals surface area contributed by atoms with Crippen molar-refractivity contribution < 1.29 is 23.1 Å². The molecule has 1 aromatic rings. The Morgan fingerprint density at radius 1 is 1.18 bits per heavy atom. The van der Waals surface area contributed by atoms with Gasteiger partial charge in [0.25, 0.3) is 0 Å². The Hall–Kier alpha value is -1.56. The molecule has 1 aliphatic rings. The second-order valence-corrected chi connectivity index (χ2v) is 5.75. The largest absolute Gasteiger partial charge is 0.417 e. The van der Waals surface area contributed by atoms with Gasteiger partial charge in [-0.15, -0.1) is 0 Å². The topological polar surface area (TPSA) is 40.5 Å². The standard InChI is InChI=1S/C16H20F3NO2/c17-16(18,19)15(22)9-11-20(12-10-15)14(21)8-4-7-13-5-2-1-3-6-13/h1-3,5-6,22H,4,7-12H2. The van der Waals surface area contributed by atoms with Crippen LogP contribution in [0, 0.1) is 0 Å². The number of aliphatic hydroxyl groups is 1. The Morgan fingerprint density at radius 3 is 2.32 bits per heavy atom. The molecular formula is C16H20F3NO2. The summed E-state index contributed by atoms with van der Waals surface area (Å²) in [7, 11) is 0. The number of piperidine rings is 1. The minimum absolute atomic E-state index is 0.0415. The van der Waals surface area contributed by atoms with Gasteiger partial charge in [-0.25, -0.2) is 0 Å². The third-order valence-electron chi connectivity index (χ3n) is 4.17. The van der Waals surface area contributed by atoms with E-state index in [2.05, 4.69) is 0 Å². The van der Waals surface area contributed by atoms with Crippen molar-refractivity contribution in [1.82, 2.24) is 4.90 Å². The Morgan fingerprint density at radius 2 is 1.77 bits per heavy atom. The van der Waals surface area contributed by atoms with Crippen molar-refractivity contribution in [2.75, 3.05) is 13.1 Å². The van der Waals surface area contributed by atoms with E-state index in [1.54, 1.807) is 0 Å². The number of hydrogen-bond donors (Lipinski definition) is 1. The number of carbonyl (C=O) groups is 1. The highest BCUT2D eigenvalue weighted by atomic mass is 19.4. The van der Waals surface area contributed by atoms with Gasteiger partial charge in [0.1, 0.15) is 0 Å². The number of halogens is 3. The van der Waals surface area contributed by atoms with Gasteiger partial charge in [0.2, 0.25) is 5.91 Å². The van der Waals surface area contributed by atoms with Crippen molar-refractivity contribution in [3.8, 4) is 0 Å². The number of alkyl halides is 3. The zero-order valence-electron chi connectivity index (χ0n) is 12.3. The molecule has 3 nitrogen and oxygen atoms in total. The van der Waals surface area contributed by atoms with Gasteiger partial charge in [-0.3, -0.25) is 4.79 Å². The third-order valence-corrected chi connectivity index (χ3v) is 4.17. The predicted molar refractivity (Wildman–Crippen MR) is 76.2 cm³/mol. The smallest absolute Gasteiger partial charge is 0.380 e. The van der Waals surface area contributed by atoms with Crippen LogP contribution in [0.4, 0.5) is 13.2 Å². The fourth-order valence-corrected chi connectivity index (χ4v) is 2.66. The van der Waals surface area contributed by atoms with Crippen LogP contribution in [0.25, 0.3) is 0 Å². The first-order chi connectivity index (χ1) is 10.3. The lowest BCUT2D eigenvalue weighted by Crippen LogP contribution is -2.54. The minimum atomic E-state index is -4.63. The molecule has 1 heterocycles. The van der Waals surface area contributed by atoms with Crippen LogP contribution in [0.5, 0.6) is 0 Å². The van der Waals surface area contributed by atoms with Crippen molar-refractivity contribution in [2.45, 2.75) is 43.9 Å². The summed E-state index contributed by atoms with van der Waals surface area (Å²) in [5, 5.41) is 9.57. The van der Waals surface area contributed by atoms with E-state index in [1.165, 1.54) is 4.90 Å². The first kappa shape index (κ1) is 16.8. The van der Waals surface area contributed by atoms with Crippen molar-refractivity contribution in [1.29, 1.82) is 0 Å². The zero-order valence-corrected chi connectivity index (χ0v) is 12.3.